The summed E-state index contributed by atoms with van der Waals surface area (Å²) in [5.74, 6) is -0.0111. The quantitative estimate of drug-likeness (QED) is 0.529. The van der Waals surface area contributed by atoms with E-state index in [9.17, 15) is 9.59 Å². The van der Waals surface area contributed by atoms with Gasteiger partial charge >= 0.3 is 0 Å². The van der Waals surface area contributed by atoms with Gasteiger partial charge in [0.05, 0.1) is 21.8 Å². The van der Waals surface area contributed by atoms with E-state index >= 15 is 0 Å². The van der Waals surface area contributed by atoms with Gasteiger partial charge in [-0.25, -0.2) is 4.98 Å². The molecule has 1 unspecified atom stereocenters. The van der Waals surface area contributed by atoms with Crippen molar-refractivity contribution in [1.82, 2.24) is 14.9 Å². The maximum absolute atomic E-state index is 13.4. The van der Waals surface area contributed by atoms with Crippen molar-refractivity contribution >= 4 is 28.6 Å². The molecule has 5 nitrogen and oxygen atoms in total. The molecule has 1 heterocycles. The van der Waals surface area contributed by atoms with E-state index in [2.05, 4.69) is 5.32 Å². The Labute approximate surface area is 168 Å². The largest absolute Gasteiger partial charge is 0.352 e. The van der Waals surface area contributed by atoms with Crippen molar-refractivity contribution in [2.75, 3.05) is 0 Å². The third-order valence-corrected chi connectivity index (χ3v) is 6.04. The first kappa shape index (κ1) is 18.7. The van der Waals surface area contributed by atoms with Crippen LogP contribution in [0.1, 0.15) is 30.9 Å². The Balaban J connectivity index is 1.86. The maximum atomic E-state index is 13.4. The van der Waals surface area contributed by atoms with E-state index in [1.165, 1.54) is 11.8 Å². The first-order valence-corrected chi connectivity index (χ1v) is 10.4. The molecule has 1 amide bonds. The molecule has 3 aromatic rings. The van der Waals surface area contributed by atoms with Gasteiger partial charge in [0.15, 0.2) is 5.16 Å². The van der Waals surface area contributed by atoms with Crippen molar-refractivity contribution in [1.29, 1.82) is 0 Å². The average Bonchev–Trinajstić information content (AvgIpc) is 3.48. The van der Waals surface area contributed by atoms with E-state index in [4.69, 9.17) is 4.98 Å². The van der Waals surface area contributed by atoms with Crippen LogP contribution < -0.4 is 10.9 Å². The molecule has 0 bridgehead atoms. The van der Waals surface area contributed by atoms with E-state index < -0.39 is 0 Å². The molecule has 0 saturated heterocycles. The number of rotatable bonds is 5. The molecule has 2 aromatic carbocycles. The van der Waals surface area contributed by atoms with Crippen molar-refractivity contribution in [3.05, 3.63) is 63.9 Å². The van der Waals surface area contributed by atoms with Gasteiger partial charge in [-0.15, -0.1) is 0 Å². The lowest BCUT2D eigenvalue weighted by atomic mass is 10.1. The second-order valence-electron chi connectivity index (χ2n) is 7.34. The summed E-state index contributed by atoms with van der Waals surface area (Å²) in [7, 11) is 0. The minimum atomic E-state index is -0.343. The number of aromatic nitrogens is 2. The molecule has 6 heteroatoms. The van der Waals surface area contributed by atoms with E-state index in [1.54, 1.807) is 10.6 Å². The van der Waals surface area contributed by atoms with Crippen LogP contribution in [0.2, 0.25) is 0 Å². The lowest BCUT2D eigenvalue weighted by Crippen LogP contribution is -2.33. The Morgan fingerprint density at radius 3 is 2.50 bits per heavy atom. The average molecular weight is 394 g/mol. The van der Waals surface area contributed by atoms with Gasteiger partial charge in [0.2, 0.25) is 5.91 Å². The predicted octanol–water partition coefficient (Wildman–Crippen LogP) is 3.76. The molecule has 4 rings (SSSR count). The number of nitrogens with zero attached hydrogens (tertiary/aromatic N) is 2. The molecule has 144 valence electrons. The van der Waals surface area contributed by atoms with Crippen molar-refractivity contribution in [3.63, 3.8) is 0 Å². The van der Waals surface area contributed by atoms with Crippen molar-refractivity contribution in [3.8, 4) is 5.69 Å². The van der Waals surface area contributed by atoms with Crippen LogP contribution in [0.3, 0.4) is 0 Å². The van der Waals surface area contributed by atoms with E-state index in [0.29, 0.717) is 22.1 Å². The Hall–Kier alpha value is -2.60. The van der Waals surface area contributed by atoms with Crippen LogP contribution in [0.4, 0.5) is 0 Å². The molecule has 28 heavy (non-hydrogen) atoms. The zero-order chi connectivity index (χ0) is 19.8. The van der Waals surface area contributed by atoms with Gasteiger partial charge in [-0.2, -0.15) is 0 Å². The number of fused-ring (bicyclic) bond motifs is 1. The number of hydrogen-bond acceptors (Lipinski definition) is 4. The number of benzene rings is 2. The molecule has 1 saturated carbocycles. The smallest absolute Gasteiger partial charge is 0.266 e. The Morgan fingerprint density at radius 1 is 1.14 bits per heavy atom. The highest BCUT2D eigenvalue weighted by molar-refractivity contribution is 8.00. The Kier molecular flexibility index (Phi) is 4.98. The van der Waals surface area contributed by atoms with Crippen LogP contribution in [-0.2, 0) is 4.79 Å². The Bertz CT molecular complexity index is 1100. The van der Waals surface area contributed by atoms with Crippen molar-refractivity contribution in [2.24, 2.45) is 0 Å². The molecule has 1 aromatic heterocycles. The van der Waals surface area contributed by atoms with Crippen LogP contribution in [0.5, 0.6) is 0 Å². The number of aryl methyl sites for hydroxylation is 2. The van der Waals surface area contributed by atoms with Crippen LogP contribution in [-0.4, -0.2) is 26.8 Å². The highest BCUT2D eigenvalue weighted by Gasteiger charge is 2.27. The highest BCUT2D eigenvalue weighted by atomic mass is 32.2. The first-order chi connectivity index (χ1) is 13.5. The van der Waals surface area contributed by atoms with E-state index in [-0.39, 0.29) is 16.7 Å². The summed E-state index contributed by atoms with van der Waals surface area (Å²) in [4.78, 5) is 30.6. The lowest BCUT2D eigenvalue weighted by molar-refractivity contribution is -0.120. The normalized spacial score (nSPS) is 14.8. The topological polar surface area (TPSA) is 64.0 Å². The summed E-state index contributed by atoms with van der Waals surface area (Å²) < 4.78 is 1.67. The minimum Gasteiger partial charge on any atom is -0.352 e. The van der Waals surface area contributed by atoms with Gasteiger partial charge < -0.3 is 5.32 Å². The van der Waals surface area contributed by atoms with Crippen LogP contribution in [0, 0.1) is 13.8 Å². The second kappa shape index (κ2) is 7.43. The fraction of sp³-hybridized carbons (Fsp3) is 0.318. The standard InChI is InChI=1S/C22H23N3O2S/c1-13-7-6-8-14(2)19(13)25-21(27)17-9-4-5-10-18(17)24-22(25)28-15(3)20(26)23-16-11-12-16/h4-10,15-16H,11-12H2,1-3H3,(H,23,26). The number of carbonyl (C=O) groups excluding carboxylic acids is 1. The molecule has 1 aliphatic rings. The summed E-state index contributed by atoms with van der Waals surface area (Å²) in [6.45, 7) is 5.84. The molecular formula is C22H23N3O2S. The predicted molar refractivity (Wildman–Crippen MR) is 113 cm³/mol. The van der Waals surface area contributed by atoms with E-state index in [1.807, 2.05) is 57.2 Å². The van der Waals surface area contributed by atoms with Gasteiger partial charge in [0.25, 0.3) is 5.56 Å². The number of amides is 1. The van der Waals surface area contributed by atoms with Gasteiger partial charge in [-0.05, 0) is 56.9 Å². The molecular weight excluding hydrogens is 370 g/mol. The van der Waals surface area contributed by atoms with Crippen LogP contribution in [0.15, 0.2) is 52.4 Å². The fourth-order valence-electron chi connectivity index (χ4n) is 3.30. The van der Waals surface area contributed by atoms with E-state index in [0.717, 1.165) is 29.7 Å². The monoisotopic (exact) mass is 393 g/mol. The van der Waals surface area contributed by atoms with Crippen LogP contribution in [0.25, 0.3) is 16.6 Å². The van der Waals surface area contributed by atoms with Crippen molar-refractivity contribution in [2.45, 2.75) is 50.1 Å². The highest BCUT2D eigenvalue weighted by Crippen LogP contribution is 2.28. The van der Waals surface area contributed by atoms with Gasteiger partial charge in [0, 0.05) is 6.04 Å². The Morgan fingerprint density at radius 2 is 1.82 bits per heavy atom. The number of carbonyl (C=O) groups is 1. The third-order valence-electron chi connectivity index (χ3n) is 4.98. The second-order valence-corrected chi connectivity index (χ2v) is 8.64. The third kappa shape index (κ3) is 3.56. The number of thioether (sulfide) groups is 1. The zero-order valence-electron chi connectivity index (χ0n) is 16.2. The maximum Gasteiger partial charge on any atom is 0.266 e. The zero-order valence-corrected chi connectivity index (χ0v) is 17.0. The molecule has 1 N–H and O–H groups in total. The van der Waals surface area contributed by atoms with Gasteiger partial charge in [-0.3, -0.25) is 14.2 Å². The van der Waals surface area contributed by atoms with Gasteiger partial charge in [-0.1, -0.05) is 42.1 Å². The number of hydrogen-bond donors (Lipinski definition) is 1. The molecule has 0 aliphatic heterocycles. The fourth-order valence-corrected chi connectivity index (χ4v) is 4.23. The van der Waals surface area contributed by atoms with Crippen molar-refractivity contribution < 1.29 is 4.79 Å². The van der Waals surface area contributed by atoms with Crippen LogP contribution >= 0.6 is 11.8 Å². The number of nitrogens with one attached hydrogen (secondary N) is 1. The first-order valence-electron chi connectivity index (χ1n) is 9.51. The summed E-state index contributed by atoms with van der Waals surface area (Å²) >= 11 is 1.33. The summed E-state index contributed by atoms with van der Waals surface area (Å²) in [5, 5.41) is 3.80. The SMILES string of the molecule is Cc1cccc(C)c1-n1c(SC(C)C(=O)NC2CC2)nc2ccccc2c1=O. The summed E-state index contributed by atoms with van der Waals surface area (Å²) in [6.07, 6.45) is 2.09. The summed E-state index contributed by atoms with van der Waals surface area (Å²) in [5.41, 5.74) is 3.36. The molecule has 0 radical (unpaired) electrons. The number of para-hydroxylation sites is 2. The minimum absolute atomic E-state index is 0.0111. The molecule has 0 spiro atoms. The molecule has 1 aliphatic carbocycles. The lowest BCUT2D eigenvalue weighted by Gasteiger charge is -2.19. The summed E-state index contributed by atoms with van der Waals surface area (Å²) in [6, 6.07) is 13.6. The van der Waals surface area contributed by atoms with Gasteiger partial charge in [0.1, 0.15) is 0 Å². The molecule has 1 fully saturated rings. The molecule has 1 atom stereocenters.